The molecular weight excluding hydrogens is 272 g/mol. The molecule has 0 aliphatic carbocycles. The van der Waals surface area contributed by atoms with E-state index in [1.807, 2.05) is 0 Å². The number of hydrogen-bond donors (Lipinski definition) is 1. The molecule has 106 valence electrons. The van der Waals surface area contributed by atoms with E-state index in [0.29, 0.717) is 5.56 Å². The second-order valence-corrected chi connectivity index (χ2v) is 4.21. The first-order valence-corrected chi connectivity index (χ1v) is 5.88. The Morgan fingerprint density at radius 2 is 1.75 bits per heavy atom. The van der Waals surface area contributed by atoms with Gasteiger partial charge in [-0.25, -0.2) is 4.39 Å². The third-order valence-corrected chi connectivity index (χ3v) is 2.92. The summed E-state index contributed by atoms with van der Waals surface area (Å²) in [7, 11) is 1.59. The second-order valence-electron chi connectivity index (χ2n) is 4.21. The minimum Gasteiger partial charge on any atom is -0.308 e. The highest BCUT2D eigenvalue weighted by molar-refractivity contribution is 5.32. The minimum atomic E-state index is -4.39. The van der Waals surface area contributed by atoms with Crippen LogP contribution in [0.2, 0.25) is 0 Å². The van der Waals surface area contributed by atoms with Gasteiger partial charge in [0.05, 0.1) is 17.3 Å². The van der Waals surface area contributed by atoms with Crippen molar-refractivity contribution in [3.63, 3.8) is 0 Å². The number of pyridine rings is 1. The Morgan fingerprint density at radius 3 is 2.25 bits per heavy atom. The van der Waals surface area contributed by atoms with Gasteiger partial charge in [-0.1, -0.05) is 12.1 Å². The smallest absolute Gasteiger partial charge is 0.308 e. The first-order valence-electron chi connectivity index (χ1n) is 5.88. The molecule has 2 rings (SSSR count). The van der Waals surface area contributed by atoms with Crippen molar-refractivity contribution < 1.29 is 17.6 Å². The molecule has 1 aromatic carbocycles. The quantitative estimate of drug-likeness (QED) is 0.872. The van der Waals surface area contributed by atoms with Gasteiger partial charge in [-0.3, -0.25) is 4.98 Å². The molecule has 0 amide bonds. The molecule has 0 aliphatic rings. The Labute approximate surface area is 113 Å². The van der Waals surface area contributed by atoms with Crippen LogP contribution in [0.1, 0.15) is 22.9 Å². The fourth-order valence-corrected chi connectivity index (χ4v) is 1.94. The lowest BCUT2D eigenvalue weighted by Gasteiger charge is -2.17. The van der Waals surface area contributed by atoms with Gasteiger partial charge in [-0.15, -0.1) is 0 Å². The van der Waals surface area contributed by atoms with Gasteiger partial charge in [0.15, 0.2) is 0 Å². The lowest BCUT2D eigenvalue weighted by molar-refractivity contribution is -0.137. The minimum absolute atomic E-state index is 0.148. The van der Waals surface area contributed by atoms with Crippen LogP contribution in [0, 0.1) is 5.82 Å². The third-order valence-electron chi connectivity index (χ3n) is 2.92. The SMILES string of the molecule is CNC(c1ccc(C(F)(F)F)cc1)c1ncccc1F. The van der Waals surface area contributed by atoms with E-state index in [0.717, 1.165) is 12.1 Å². The maximum absolute atomic E-state index is 13.7. The Balaban J connectivity index is 2.36. The van der Waals surface area contributed by atoms with Gasteiger partial charge in [0.1, 0.15) is 5.82 Å². The number of rotatable bonds is 3. The molecule has 0 saturated carbocycles. The summed E-state index contributed by atoms with van der Waals surface area (Å²) in [5, 5.41) is 2.85. The Morgan fingerprint density at radius 1 is 1.10 bits per heavy atom. The van der Waals surface area contributed by atoms with Crippen LogP contribution in [-0.4, -0.2) is 12.0 Å². The summed E-state index contributed by atoms with van der Waals surface area (Å²) in [4.78, 5) is 3.94. The predicted octanol–water partition coefficient (Wildman–Crippen LogP) is 3.55. The zero-order valence-electron chi connectivity index (χ0n) is 10.6. The van der Waals surface area contributed by atoms with Gasteiger partial charge >= 0.3 is 6.18 Å². The van der Waals surface area contributed by atoms with E-state index >= 15 is 0 Å². The first-order chi connectivity index (χ1) is 9.43. The summed E-state index contributed by atoms with van der Waals surface area (Å²) in [6, 6.07) is 6.70. The van der Waals surface area contributed by atoms with Gasteiger partial charge in [0.2, 0.25) is 0 Å². The molecule has 0 saturated heterocycles. The summed E-state index contributed by atoms with van der Waals surface area (Å²) < 4.78 is 51.2. The highest BCUT2D eigenvalue weighted by Crippen LogP contribution is 2.31. The number of benzene rings is 1. The fraction of sp³-hybridized carbons (Fsp3) is 0.214. The number of aromatic nitrogens is 1. The van der Waals surface area contributed by atoms with E-state index in [1.165, 1.54) is 30.5 Å². The molecule has 0 spiro atoms. The molecule has 0 aliphatic heterocycles. The van der Waals surface area contributed by atoms with Crippen LogP contribution in [0.25, 0.3) is 0 Å². The van der Waals surface area contributed by atoms with Crippen LogP contribution in [0.3, 0.4) is 0 Å². The third kappa shape index (κ3) is 2.96. The molecule has 2 aromatic rings. The van der Waals surface area contributed by atoms with Crippen molar-refractivity contribution in [2.45, 2.75) is 12.2 Å². The topological polar surface area (TPSA) is 24.9 Å². The van der Waals surface area contributed by atoms with Crippen molar-refractivity contribution in [1.29, 1.82) is 0 Å². The molecule has 0 bridgehead atoms. The molecule has 20 heavy (non-hydrogen) atoms. The highest BCUT2D eigenvalue weighted by Gasteiger charge is 2.30. The van der Waals surface area contributed by atoms with Crippen LogP contribution in [0.15, 0.2) is 42.6 Å². The molecule has 1 N–H and O–H groups in total. The highest BCUT2D eigenvalue weighted by atomic mass is 19.4. The van der Waals surface area contributed by atoms with Gasteiger partial charge in [-0.05, 0) is 36.9 Å². The predicted molar refractivity (Wildman–Crippen MR) is 66.5 cm³/mol. The van der Waals surface area contributed by atoms with Crippen molar-refractivity contribution >= 4 is 0 Å². The Hall–Kier alpha value is -1.95. The van der Waals surface area contributed by atoms with E-state index in [4.69, 9.17) is 0 Å². The number of nitrogens with zero attached hydrogens (tertiary/aromatic N) is 1. The van der Waals surface area contributed by atoms with E-state index in [1.54, 1.807) is 7.05 Å². The zero-order valence-corrected chi connectivity index (χ0v) is 10.6. The molecule has 0 fully saturated rings. The number of hydrogen-bond acceptors (Lipinski definition) is 2. The second kappa shape index (κ2) is 5.58. The summed E-state index contributed by atoms with van der Waals surface area (Å²) in [5.41, 5.74) is -0.0783. The molecular formula is C14H12F4N2. The largest absolute Gasteiger partial charge is 0.416 e. The maximum atomic E-state index is 13.7. The van der Waals surface area contributed by atoms with Gasteiger partial charge in [0.25, 0.3) is 0 Å². The summed E-state index contributed by atoms with van der Waals surface area (Å²) in [6.45, 7) is 0. The van der Waals surface area contributed by atoms with Crippen molar-refractivity contribution in [3.8, 4) is 0 Å². The lowest BCUT2D eigenvalue weighted by Crippen LogP contribution is -2.20. The van der Waals surface area contributed by atoms with Crippen molar-refractivity contribution in [3.05, 3.63) is 65.2 Å². The summed E-state index contributed by atoms with van der Waals surface area (Å²) in [5.74, 6) is -0.508. The Bertz CT molecular complexity index is 578. The van der Waals surface area contributed by atoms with Crippen LogP contribution in [0.5, 0.6) is 0 Å². The molecule has 1 atom stereocenters. The van der Waals surface area contributed by atoms with Crippen LogP contribution in [0.4, 0.5) is 17.6 Å². The molecule has 1 aromatic heterocycles. The normalized spacial score (nSPS) is 13.2. The van der Waals surface area contributed by atoms with Crippen molar-refractivity contribution in [2.24, 2.45) is 0 Å². The summed E-state index contributed by atoms with van der Waals surface area (Å²) >= 11 is 0. The monoisotopic (exact) mass is 284 g/mol. The molecule has 1 heterocycles. The Kier molecular flexibility index (Phi) is 4.04. The van der Waals surface area contributed by atoms with Crippen LogP contribution >= 0.6 is 0 Å². The van der Waals surface area contributed by atoms with Crippen molar-refractivity contribution in [2.75, 3.05) is 7.05 Å². The maximum Gasteiger partial charge on any atom is 0.416 e. The van der Waals surface area contributed by atoms with Crippen molar-refractivity contribution in [1.82, 2.24) is 10.3 Å². The standard InChI is InChI=1S/C14H12F4N2/c1-19-12(13-11(15)3-2-8-20-13)9-4-6-10(7-5-9)14(16,17)18/h2-8,12,19H,1H3. The average Bonchev–Trinajstić information content (AvgIpc) is 2.41. The van der Waals surface area contributed by atoms with Gasteiger partial charge < -0.3 is 5.32 Å². The van der Waals surface area contributed by atoms with Crippen LogP contribution in [-0.2, 0) is 6.18 Å². The number of halogens is 4. The number of alkyl halides is 3. The summed E-state index contributed by atoms with van der Waals surface area (Å²) in [6.07, 6.45) is -2.95. The average molecular weight is 284 g/mol. The van der Waals surface area contributed by atoms with E-state index < -0.39 is 23.6 Å². The van der Waals surface area contributed by atoms with E-state index in [-0.39, 0.29) is 5.69 Å². The zero-order chi connectivity index (χ0) is 14.8. The molecule has 0 radical (unpaired) electrons. The molecule has 2 nitrogen and oxygen atoms in total. The van der Waals surface area contributed by atoms with Gasteiger partial charge in [0, 0.05) is 6.20 Å². The lowest BCUT2D eigenvalue weighted by atomic mass is 10.0. The number of nitrogens with one attached hydrogen (secondary N) is 1. The molecule has 6 heteroatoms. The van der Waals surface area contributed by atoms with Gasteiger partial charge in [-0.2, -0.15) is 13.2 Å². The van der Waals surface area contributed by atoms with E-state index in [9.17, 15) is 17.6 Å². The fourth-order valence-electron chi connectivity index (χ4n) is 1.94. The molecule has 1 unspecified atom stereocenters. The van der Waals surface area contributed by atoms with E-state index in [2.05, 4.69) is 10.3 Å². The first kappa shape index (κ1) is 14.5. The van der Waals surface area contributed by atoms with Crippen LogP contribution < -0.4 is 5.32 Å².